The Morgan fingerprint density at radius 2 is 0.667 bits per heavy atom. The quantitative estimate of drug-likeness (QED) is 0.156. The summed E-state index contributed by atoms with van der Waals surface area (Å²) in [7, 11) is 0. The summed E-state index contributed by atoms with van der Waals surface area (Å²) in [6.07, 6.45) is 0. The molecule has 0 amide bonds. The number of furan rings is 1. The van der Waals surface area contributed by atoms with Gasteiger partial charge in [-0.25, -0.2) is 19.8 Å². The van der Waals surface area contributed by atoms with Gasteiger partial charge in [0.05, 0.1) is 56.6 Å². The van der Waals surface area contributed by atoms with Crippen LogP contribution in [0.15, 0.2) is 229 Å². The lowest BCUT2D eigenvalue weighted by molar-refractivity contribution is 0.666. The van der Waals surface area contributed by atoms with Gasteiger partial charge < -0.3 is 18.1 Å². The van der Waals surface area contributed by atoms with Crippen LogP contribution >= 0.6 is 0 Å². The highest BCUT2D eigenvalue weighted by Crippen LogP contribution is 2.53. The minimum absolute atomic E-state index is 0.458. The SMILES string of the molecule is [C-]#[N+]c1c(-n2c3ccccc3c3ccccc32)c(-n2c3ccccc3c3ccccc32)c(-n2c3ccccc3c3ccccc32)c2oc3c(-c4nc(-c5ccccc5)nc(-c5ccccc5)n4)cccc3c12. The maximum absolute atomic E-state index is 9.54. The van der Waals surface area contributed by atoms with Gasteiger partial charge in [0.1, 0.15) is 11.3 Å². The van der Waals surface area contributed by atoms with Crippen molar-refractivity contribution in [1.82, 2.24) is 28.7 Å². The Morgan fingerprint density at radius 1 is 0.319 bits per heavy atom. The maximum atomic E-state index is 9.54. The largest absolute Gasteiger partial charge is 0.454 e. The Morgan fingerprint density at radius 3 is 1.08 bits per heavy atom. The highest BCUT2D eigenvalue weighted by atomic mass is 16.3. The van der Waals surface area contributed by atoms with Crippen LogP contribution < -0.4 is 0 Å². The summed E-state index contributed by atoms with van der Waals surface area (Å²) in [5.74, 6) is 1.55. The van der Waals surface area contributed by atoms with Gasteiger partial charge in [0.2, 0.25) is 5.69 Å². The first-order valence-corrected chi connectivity index (χ1v) is 24.0. The minimum atomic E-state index is 0.458. The van der Waals surface area contributed by atoms with Gasteiger partial charge in [-0.2, -0.15) is 0 Å². The van der Waals surface area contributed by atoms with Crippen molar-refractivity contribution in [2.24, 2.45) is 0 Å². The van der Waals surface area contributed by atoms with E-state index in [4.69, 9.17) is 19.4 Å². The number of fused-ring (bicyclic) bond motifs is 12. The Kier molecular flexibility index (Phi) is 8.55. The summed E-state index contributed by atoms with van der Waals surface area (Å²) in [5, 5.41) is 8.06. The Balaban J connectivity index is 1.20. The number of rotatable bonds is 6. The molecule has 15 aromatic rings. The van der Waals surface area contributed by atoms with E-state index in [1.54, 1.807) is 0 Å². The lowest BCUT2D eigenvalue weighted by Gasteiger charge is -2.24. The maximum Gasteiger partial charge on any atom is 0.224 e. The van der Waals surface area contributed by atoms with E-state index in [1.807, 2.05) is 72.8 Å². The van der Waals surface area contributed by atoms with Crippen molar-refractivity contribution in [2.75, 3.05) is 0 Å². The molecule has 8 nitrogen and oxygen atoms in total. The van der Waals surface area contributed by atoms with Crippen LogP contribution in [-0.2, 0) is 0 Å². The molecule has 72 heavy (non-hydrogen) atoms. The lowest BCUT2D eigenvalue weighted by Crippen LogP contribution is -2.10. The smallest absolute Gasteiger partial charge is 0.224 e. The first-order chi connectivity index (χ1) is 35.7. The Labute approximate surface area is 411 Å². The fraction of sp³-hybridized carbons (Fsp3) is 0. The van der Waals surface area contributed by atoms with Crippen LogP contribution in [0.4, 0.5) is 5.69 Å². The van der Waals surface area contributed by atoms with Crippen molar-refractivity contribution < 1.29 is 4.42 Å². The summed E-state index contributed by atoms with van der Waals surface area (Å²) in [5.41, 5.74) is 12.3. The highest BCUT2D eigenvalue weighted by molar-refractivity contribution is 6.24. The summed E-state index contributed by atoms with van der Waals surface area (Å²) in [6, 6.07) is 77.5. The molecule has 0 aliphatic heterocycles. The number of hydrogen-bond donors (Lipinski definition) is 0. The fourth-order valence-electron chi connectivity index (χ4n) is 11.3. The average Bonchev–Trinajstić information content (AvgIpc) is 4.20. The molecule has 0 bridgehead atoms. The van der Waals surface area contributed by atoms with Crippen LogP contribution in [0.25, 0.3) is 143 Å². The topological polar surface area (TPSA) is 71.0 Å². The molecular formula is C64H37N7O. The predicted octanol–water partition coefficient (Wildman–Crippen LogP) is 16.6. The number of hydrogen-bond acceptors (Lipinski definition) is 4. The molecule has 10 aromatic carbocycles. The lowest BCUT2D eigenvalue weighted by atomic mass is 10.0. The van der Waals surface area contributed by atoms with Gasteiger partial charge >= 0.3 is 0 Å². The van der Waals surface area contributed by atoms with E-state index in [2.05, 4.69) is 170 Å². The summed E-state index contributed by atoms with van der Waals surface area (Å²) < 4.78 is 14.7. The molecule has 0 aliphatic carbocycles. The second-order valence-corrected chi connectivity index (χ2v) is 18.1. The molecular weight excluding hydrogens is 883 g/mol. The molecule has 15 rings (SSSR count). The first-order valence-electron chi connectivity index (χ1n) is 24.0. The zero-order valence-corrected chi connectivity index (χ0v) is 38.4. The van der Waals surface area contributed by atoms with Gasteiger partial charge in [0.25, 0.3) is 0 Å². The van der Waals surface area contributed by atoms with E-state index in [0.29, 0.717) is 45.3 Å². The van der Waals surface area contributed by atoms with Crippen LogP contribution in [0.1, 0.15) is 0 Å². The van der Waals surface area contributed by atoms with Gasteiger partial charge in [-0.1, -0.05) is 182 Å². The number of aromatic nitrogens is 6. The molecule has 0 atom stereocenters. The van der Waals surface area contributed by atoms with Crippen molar-refractivity contribution in [3.8, 4) is 51.2 Å². The second kappa shape index (κ2) is 15.5. The number of para-hydroxylation sites is 7. The van der Waals surface area contributed by atoms with Crippen LogP contribution in [0.3, 0.4) is 0 Å². The van der Waals surface area contributed by atoms with Gasteiger partial charge in [0, 0.05) is 54.2 Å². The van der Waals surface area contributed by atoms with E-state index in [0.717, 1.165) is 99.0 Å². The minimum Gasteiger partial charge on any atom is -0.454 e. The van der Waals surface area contributed by atoms with Crippen molar-refractivity contribution in [2.45, 2.75) is 0 Å². The van der Waals surface area contributed by atoms with Gasteiger partial charge in [0.15, 0.2) is 23.1 Å². The molecule has 334 valence electrons. The van der Waals surface area contributed by atoms with Crippen LogP contribution in [0.5, 0.6) is 0 Å². The molecule has 0 spiro atoms. The Hall–Kier alpha value is -10.1. The third kappa shape index (κ3) is 5.64. The summed E-state index contributed by atoms with van der Waals surface area (Å²) >= 11 is 0. The second-order valence-electron chi connectivity index (χ2n) is 18.1. The molecule has 0 unspecified atom stereocenters. The molecule has 0 aliphatic rings. The van der Waals surface area contributed by atoms with Gasteiger partial charge in [-0.3, -0.25) is 0 Å². The van der Waals surface area contributed by atoms with Gasteiger partial charge in [-0.15, -0.1) is 0 Å². The standard InChI is InChI=1S/C64H37N7O/c1-65-56-55-47-31-20-32-48(64-67-62(39-21-4-2-5-22-39)66-63(68-64)40-23-6-3-7-24-40)60(47)72-61(55)59(71-53-37-18-12-29-45(53)46-30-13-19-38-54(46)71)58(70-51-35-16-10-27-43(51)44-28-11-17-36-52(44)70)57(56)69-49-33-14-8-25-41(49)42-26-9-15-34-50(42)69/h2-38H. The number of nitrogens with zero attached hydrogens (tertiary/aromatic N) is 7. The van der Waals surface area contributed by atoms with E-state index >= 15 is 0 Å². The van der Waals surface area contributed by atoms with E-state index in [9.17, 15) is 6.57 Å². The van der Waals surface area contributed by atoms with E-state index in [1.165, 1.54) is 0 Å². The summed E-state index contributed by atoms with van der Waals surface area (Å²) in [4.78, 5) is 20.1. The van der Waals surface area contributed by atoms with Crippen LogP contribution in [-0.4, -0.2) is 28.7 Å². The van der Waals surface area contributed by atoms with Crippen LogP contribution in [0, 0.1) is 6.57 Å². The molecule has 0 N–H and O–H groups in total. The normalized spacial score (nSPS) is 11.9. The molecule has 0 radical (unpaired) electrons. The highest BCUT2D eigenvalue weighted by Gasteiger charge is 2.33. The van der Waals surface area contributed by atoms with Crippen molar-refractivity contribution in [1.29, 1.82) is 0 Å². The molecule has 0 saturated carbocycles. The van der Waals surface area contributed by atoms with Crippen molar-refractivity contribution in [3.05, 3.63) is 236 Å². The predicted molar refractivity (Wildman–Crippen MR) is 293 cm³/mol. The van der Waals surface area contributed by atoms with E-state index < -0.39 is 0 Å². The average molecular weight is 920 g/mol. The van der Waals surface area contributed by atoms with Gasteiger partial charge in [-0.05, 0) is 42.5 Å². The van der Waals surface area contributed by atoms with Crippen molar-refractivity contribution in [3.63, 3.8) is 0 Å². The Bertz CT molecular complexity index is 4550. The zero-order chi connectivity index (χ0) is 47.4. The fourth-order valence-corrected chi connectivity index (χ4v) is 11.3. The molecule has 5 aromatic heterocycles. The molecule has 0 saturated heterocycles. The monoisotopic (exact) mass is 919 g/mol. The third-order valence-corrected chi connectivity index (χ3v) is 14.3. The van der Waals surface area contributed by atoms with Crippen LogP contribution in [0.2, 0.25) is 0 Å². The molecule has 0 fully saturated rings. The molecule has 8 heteroatoms. The molecule has 5 heterocycles. The van der Waals surface area contributed by atoms with Crippen molar-refractivity contribution >= 4 is 93.0 Å². The summed E-state index contributed by atoms with van der Waals surface area (Å²) in [6.45, 7) is 9.54. The third-order valence-electron chi connectivity index (χ3n) is 14.3. The zero-order valence-electron chi connectivity index (χ0n) is 38.4. The first kappa shape index (κ1) is 39.9. The number of benzene rings is 10. The van der Waals surface area contributed by atoms with E-state index in [-0.39, 0.29) is 0 Å².